The number of H-pyrrole nitrogens is 1. The van der Waals surface area contributed by atoms with E-state index in [4.69, 9.17) is 14.2 Å². The first-order chi connectivity index (χ1) is 13.8. The van der Waals surface area contributed by atoms with Crippen molar-refractivity contribution >= 4 is 17.7 Å². The van der Waals surface area contributed by atoms with E-state index < -0.39 is 5.97 Å². The van der Waals surface area contributed by atoms with Crippen LogP contribution in [-0.2, 0) is 16.0 Å². The summed E-state index contributed by atoms with van der Waals surface area (Å²) in [6.07, 6.45) is -0.0898. The summed E-state index contributed by atoms with van der Waals surface area (Å²) in [5.74, 6) is 0.223. The van der Waals surface area contributed by atoms with Crippen molar-refractivity contribution in [1.82, 2.24) is 10.3 Å². The fourth-order valence-corrected chi connectivity index (χ4v) is 3.39. The summed E-state index contributed by atoms with van der Waals surface area (Å²) in [7, 11) is 1.26. The SMILES string of the molecule is COC(=O)c1c(CC(=O)NC(C)c2ccc3c(c2)OCCO3)[nH]c(C(C)=O)c1C. The van der Waals surface area contributed by atoms with Crippen LogP contribution in [0.2, 0.25) is 0 Å². The zero-order valence-electron chi connectivity index (χ0n) is 16.9. The van der Waals surface area contributed by atoms with Gasteiger partial charge in [0.25, 0.3) is 0 Å². The Balaban J connectivity index is 1.76. The minimum Gasteiger partial charge on any atom is -0.486 e. The Hall–Kier alpha value is -3.29. The smallest absolute Gasteiger partial charge is 0.339 e. The lowest BCUT2D eigenvalue weighted by Gasteiger charge is -2.21. The Kier molecular flexibility index (Phi) is 5.91. The van der Waals surface area contributed by atoms with E-state index in [2.05, 4.69) is 10.3 Å². The number of amides is 1. The normalized spacial score (nSPS) is 13.5. The largest absolute Gasteiger partial charge is 0.486 e. The van der Waals surface area contributed by atoms with Crippen molar-refractivity contribution in [2.75, 3.05) is 20.3 Å². The van der Waals surface area contributed by atoms with Gasteiger partial charge in [-0.3, -0.25) is 9.59 Å². The molecule has 1 aliphatic heterocycles. The maximum absolute atomic E-state index is 12.6. The molecule has 1 atom stereocenters. The van der Waals surface area contributed by atoms with Gasteiger partial charge in [-0.1, -0.05) is 6.07 Å². The molecule has 2 aromatic rings. The van der Waals surface area contributed by atoms with Gasteiger partial charge in [-0.15, -0.1) is 0 Å². The molecule has 0 spiro atoms. The minimum absolute atomic E-state index is 0.0898. The average molecular weight is 400 g/mol. The molecule has 1 amide bonds. The second-order valence-electron chi connectivity index (χ2n) is 6.90. The van der Waals surface area contributed by atoms with Crippen LogP contribution < -0.4 is 14.8 Å². The fraction of sp³-hybridized carbons (Fsp3) is 0.381. The lowest BCUT2D eigenvalue weighted by Crippen LogP contribution is -2.29. The van der Waals surface area contributed by atoms with Crippen LogP contribution in [0.3, 0.4) is 0 Å². The van der Waals surface area contributed by atoms with Gasteiger partial charge in [0.1, 0.15) is 13.2 Å². The summed E-state index contributed by atoms with van der Waals surface area (Å²) in [4.78, 5) is 39.5. The molecular weight excluding hydrogens is 376 g/mol. The van der Waals surface area contributed by atoms with E-state index in [1.807, 2.05) is 25.1 Å². The number of benzene rings is 1. The van der Waals surface area contributed by atoms with Crippen molar-refractivity contribution in [1.29, 1.82) is 0 Å². The molecule has 29 heavy (non-hydrogen) atoms. The predicted molar refractivity (Wildman–Crippen MR) is 105 cm³/mol. The third-order valence-corrected chi connectivity index (χ3v) is 4.85. The van der Waals surface area contributed by atoms with Crippen LogP contribution in [0.1, 0.15) is 57.6 Å². The number of ketones is 1. The van der Waals surface area contributed by atoms with Crippen LogP contribution in [0.5, 0.6) is 11.5 Å². The molecule has 2 N–H and O–H groups in total. The number of fused-ring (bicyclic) bond motifs is 1. The molecule has 0 bridgehead atoms. The summed E-state index contributed by atoms with van der Waals surface area (Å²) in [5, 5.41) is 2.90. The number of hydrogen-bond donors (Lipinski definition) is 2. The van der Waals surface area contributed by atoms with Crippen LogP contribution >= 0.6 is 0 Å². The highest BCUT2D eigenvalue weighted by atomic mass is 16.6. The summed E-state index contributed by atoms with van der Waals surface area (Å²) in [6, 6.07) is 5.23. The zero-order valence-corrected chi connectivity index (χ0v) is 16.9. The van der Waals surface area contributed by atoms with Crippen LogP contribution in [0.4, 0.5) is 0 Å². The predicted octanol–water partition coefficient (Wildman–Crippen LogP) is 2.50. The molecule has 2 heterocycles. The highest BCUT2D eigenvalue weighted by molar-refractivity contribution is 6.01. The molecule has 0 aliphatic carbocycles. The third-order valence-electron chi connectivity index (χ3n) is 4.85. The number of esters is 1. The van der Waals surface area contributed by atoms with Gasteiger partial charge < -0.3 is 24.5 Å². The van der Waals surface area contributed by atoms with Crippen LogP contribution in [0.15, 0.2) is 18.2 Å². The first kappa shape index (κ1) is 20.4. The van der Waals surface area contributed by atoms with Gasteiger partial charge in [0.05, 0.1) is 30.8 Å². The van der Waals surface area contributed by atoms with E-state index in [-0.39, 0.29) is 29.7 Å². The number of carbonyl (C=O) groups excluding carboxylic acids is 3. The second kappa shape index (κ2) is 8.38. The number of Topliss-reactive ketones (excluding diaryl/α,β-unsaturated/α-hetero) is 1. The maximum atomic E-state index is 12.6. The first-order valence-electron chi connectivity index (χ1n) is 9.31. The number of methoxy groups -OCH3 is 1. The molecule has 8 heteroatoms. The molecule has 0 saturated heterocycles. The number of carbonyl (C=O) groups is 3. The Morgan fingerprint density at radius 1 is 1.21 bits per heavy atom. The number of aromatic amines is 1. The van der Waals surface area contributed by atoms with E-state index >= 15 is 0 Å². The van der Waals surface area contributed by atoms with E-state index in [0.717, 1.165) is 5.56 Å². The highest BCUT2D eigenvalue weighted by Gasteiger charge is 2.25. The van der Waals surface area contributed by atoms with Crippen molar-refractivity contribution in [3.8, 4) is 11.5 Å². The van der Waals surface area contributed by atoms with Gasteiger partial charge in [-0.2, -0.15) is 0 Å². The molecule has 1 aliphatic rings. The van der Waals surface area contributed by atoms with Crippen molar-refractivity contribution in [3.05, 3.63) is 46.3 Å². The average Bonchev–Trinajstić information content (AvgIpc) is 3.02. The number of ether oxygens (including phenoxy) is 3. The molecule has 154 valence electrons. The first-order valence-corrected chi connectivity index (χ1v) is 9.31. The monoisotopic (exact) mass is 400 g/mol. The lowest BCUT2D eigenvalue weighted by atomic mass is 10.1. The Bertz CT molecular complexity index is 962. The van der Waals surface area contributed by atoms with Crippen LogP contribution in [0.25, 0.3) is 0 Å². The van der Waals surface area contributed by atoms with Gasteiger partial charge >= 0.3 is 5.97 Å². The van der Waals surface area contributed by atoms with Gasteiger partial charge in [-0.25, -0.2) is 4.79 Å². The van der Waals surface area contributed by atoms with Gasteiger partial charge in [0, 0.05) is 12.6 Å². The molecule has 0 saturated carbocycles. The molecular formula is C21H24N2O6. The van der Waals surface area contributed by atoms with Crippen molar-refractivity contribution in [3.63, 3.8) is 0 Å². The molecule has 1 aromatic carbocycles. The lowest BCUT2D eigenvalue weighted by molar-refractivity contribution is -0.121. The van der Waals surface area contributed by atoms with Crippen molar-refractivity contribution in [2.45, 2.75) is 33.2 Å². The van der Waals surface area contributed by atoms with E-state index in [0.29, 0.717) is 41.7 Å². The maximum Gasteiger partial charge on any atom is 0.339 e. The van der Waals surface area contributed by atoms with Crippen LogP contribution in [0, 0.1) is 6.92 Å². The van der Waals surface area contributed by atoms with Crippen molar-refractivity contribution in [2.24, 2.45) is 0 Å². The van der Waals surface area contributed by atoms with E-state index in [9.17, 15) is 14.4 Å². The number of aromatic nitrogens is 1. The summed E-state index contributed by atoms with van der Waals surface area (Å²) in [5.41, 5.74) is 2.22. The Labute approximate surface area is 168 Å². The van der Waals surface area contributed by atoms with Gasteiger partial charge in [0.15, 0.2) is 17.3 Å². The van der Waals surface area contributed by atoms with Crippen molar-refractivity contribution < 1.29 is 28.6 Å². The zero-order chi connectivity index (χ0) is 21.1. The van der Waals surface area contributed by atoms with E-state index in [1.165, 1.54) is 14.0 Å². The highest BCUT2D eigenvalue weighted by Crippen LogP contribution is 2.32. The fourth-order valence-electron chi connectivity index (χ4n) is 3.39. The minimum atomic E-state index is -0.589. The number of rotatable bonds is 6. The summed E-state index contributed by atoms with van der Waals surface area (Å²) in [6.45, 7) is 5.90. The van der Waals surface area contributed by atoms with E-state index in [1.54, 1.807) is 6.92 Å². The Morgan fingerprint density at radius 2 is 1.90 bits per heavy atom. The quantitative estimate of drug-likeness (QED) is 0.570. The second-order valence-corrected chi connectivity index (χ2v) is 6.90. The third kappa shape index (κ3) is 4.26. The number of hydrogen-bond acceptors (Lipinski definition) is 6. The number of nitrogens with one attached hydrogen (secondary N) is 2. The summed E-state index contributed by atoms with van der Waals surface area (Å²) >= 11 is 0. The molecule has 8 nitrogen and oxygen atoms in total. The standard InChI is InChI=1S/C21H24N2O6/c1-11-19(21(26)27-4)15(23-20(11)13(3)24)10-18(25)22-12(2)14-5-6-16-17(9-14)29-8-7-28-16/h5-6,9,12,23H,7-8,10H2,1-4H3,(H,22,25). The Morgan fingerprint density at radius 3 is 2.55 bits per heavy atom. The topological polar surface area (TPSA) is 107 Å². The molecule has 1 unspecified atom stereocenters. The van der Waals surface area contributed by atoms with Crippen LogP contribution in [-0.4, -0.2) is 43.0 Å². The molecule has 0 fully saturated rings. The summed E-state index contributed by atoms with van der Waals surface area (Å²) < 4.78 is 15.9. The van der Waals surface area contributed by atoms with Gasteiger partial charge in [0.2, 0.25) is 5.91 Å². The molecule has 3 rings (SSSR count). The van der Waals surface area contributed by atoms with Gasteiger partial charge in [-0.05, 0) is 37.1 Å². The molecule has 1 aromatic heterocycles. The molecule has 0 radical (unpaired) electrons.